The lowest BCUT2D eigenvalue weighted by molar-refractivity contribution is -0.137. The molecule has 0 radical (unpaired) electrons. The molecule has 0 spiro atoms. The first-order valence-corrected chi connectivity index (χ1v) is 9.15. The lowest BCUT2D eigenvalue weighted by Crippen LogP contribution is -2.14. The number of aromatic nitrogens is 3. The molecule has 1 N–H and O–H groups in total. The number of nitrogens with zero attached hydrogens (tertiary/aromatic N) is 3. The normalized spacial score (nSPS) is 12.4. The Hall–Kier alpha value is -3.21. The topological polar surface area (TPSA) is 86.1 Å². The van der Waals surface area contributed by atoms with Crippen molar-refractivity contribution in [2.24, 2.45) is 0 Å². The molecular weight excluding hydrogens is 409 g/mol. The van der Waals surface area contributed by atoms with Crippen LogP contribution in [0.3, 0.4) is 0 Å². The molecule has 4 rings (SSSR count). The largest absolute Gasteiger partial charge is 0.465 e. The molecule has 0 unspecified atom stereocenters. The maximum atomic E-state index is 13.7. The van der Waals surface area contributed by atoms with Crippen molar-refractivity contribution in [2.75, 3.05) is 12.4 Å². The van der Waals surface area contributed by atoms with E-state index in [2.05, 4.69) is 20.1 Å². The van der Waals surface area contributed by atoms with Crippen LogP contribution >= 0.6 is 11.3 Å². The number of methoxy groups -OCH3 is 1. The average Bonchev–Trinajstić information content (AvgIpc) is 3.30. The zero-order valence-electron chi connectivity index (χ0n) is 15.1. The van der Waals surface area contributed by atoms with Crippen molar-refractivity contribution in [3.05, 3.63) is 46.8 Å². The Morgan fingerprint density at radius 3 is 2.72 bits per heavy atom. The quantitative estimate of drug-likeness (QED) is 0.509. The number of nitrogens with one attached hydrogen (secondary N) is 1. The van der Waals surface area contributed by atoms with Crippen molar-refractivity contribution in [2.45, 2.75) is 19.5 Å². The number of alkyl halides is 3. The second kappa shape index (κ2) is 6.69. The first kappa shape index (κ1) is 19.1. The van der Waals surface area contributed by atoms with Gasteiger partial charge in [0.1, 0.15) is 0 Å². The van der Waals surface area contributed by atoms with E-state index < -0.39 is 17.7 Å². The summed E-state index contributed by atoms with van der Waals surface area (Å²) in [7, 11) is 1.10. The number of carbonyl (C=O) groups excluding carboxylic acids is 2. The first-order chi connectivity index (χ1) is 13.7. The predicted molar refractivity (Wildman–Crippen MR) is 98.1 cm³/mol. The van der Waals surface area contributed by atoms with Crippen molar-refractivity contribution in [1.82, 2.24) is 14.8 Å². The molecule has 7 nitrogen and oxygen atoms in total. The summed E-state index contributed by atoms with van der Waals surface area (Å²) in [5.41, 5.74) is 0.460. The number of amides is 1. The van der Waals surface area contributed by atoms with Gasteiger partial charge in [-0.3, -0.25) is 4.79 Å². The number of benzene rings is 1. The van der Waals surface area contributed by atoms with Gasteiger partial charge in [-0.25, -0.2) is 14.5 Å². The average molecular weight is 422 g/mol. The van der Waals surface area contributed by atoms with Crippen LogP contribution in [-0.2, 0) is 22.1 Å². The molecule has 3 aromatic rings. The van der Waals surface area contributed by atoms with E-state index in [4.69, 9.17) is 0 Å². The van der Waals surface area contributed by atoms with Crippen molar-refractivity contribution in [3.63, 3.8) is 0 Å². The van der Waals surface area contributed by atoms with E-state index in [1.807, 2.05) is 0 Å². The Bertz CT molecular complexity index is 1150. The third-order valence-electron chi connectivity index (χ3n) is 4.35. The van der Waals surface area contributed by atoms with E-state index in [1.165, 1.54) is 41.3 Å². The number of hydrogen-bond acceptors (Lipinski definition) is 6. The van der Waals surface area contributed by atoms with Crippen LogP contribution in [-0.4, -0.2) is 33.8 Å². The molecule has 0 fully saturated rings. The number of halogens is 3. The van der Waals surface area contributed by atoms with Gasteiger partial charge in [-0.05, 0) is 18.2 Å². The molecule has 0 saturated heterocycles. The van der Waals surface area contributed by atoms with Gasteiger partial charge in [0.25, 0.3) is 0 Å². The fraction of sp³-hybridized carbons (Fsp3) is 0.222. The summed E-state index contributed by atoms with van der Waals surface area (Å²) in [6.07, 6.45) is -2.81. The molecule has 1 aromatic carbocycles. The number of anilines is 1. The number of thiazole rings is 1. The Labute approximate surface area is 166 Å². The summed E-state index contributed by atoms with van der Waals surface area (Å²) in [6, 6.07) is 3.20. The Balaban J connectivity index is 1.86. The highest BCUT2D eigenvalue weighted by atomic mass is 32.1. The van der Waals surface area contributed by atoms with Gasteiger partial charge >= 0.3 is 12.1 Å². The van der Waals surface area contributed by atoms with Crippen LogP contribution in [0.5, 0.6) is 0 Å². The van der Waals surface area contributed by atoms with E-state index in [9.17, 15) is 22.8 Å². The maximum Gasteiger partial charge on any atom is 0.418 e. The Morgan fingerprint density at radius 2 is 2.07 bits per heavy atom. The van der Waals surface area contributed by atoms with Gasteiger partial charge in [-0.1, -0.05) is 11.3 Å². The molecule has 2 heterocycles. The number of ether oxygens (including phenoxy) is 1. The lowest BCUT2D eigenvalue weighted by atomic mass is 10.1. The number of carbonyl (C=O) groups is 2. The van der Waals surface area contributed by atoms with Gasteiger partial charge in [-0.2, -0.15) is 18.3 Å². The summed E-state index contributed by atoms with van der Waals surface area (Å²) >= 11 is 1.17. The van der Waals surface area contributed by atoms with Crippen molar-refractivity contribution < 1.29 is 27.5 Å². The van der Waals surface area contributed by atoms with Gasteiger partial charge in [0, 0.05) is 18.9 Å². The molecule has 2 aromatic heterocycles. The third-order valence-corrected chi connectivity index (χ3v) is 5.37. The number of esters is 1. The fourth-order valence-electron chi connectivity index (χ4n) is 3.17. The minimum absolute atomic E-state index is 0.209. The second-order valence-electron chi connectivity index (χ2n) is 6.30. The van der Waals surface area contributed by atoms with E-state index in [1.54, 1.807) is 0 Å². The molecule has 1 aliphatic carbocycles. The van der Waals surface area contributed by atoms with Crippen molar-refractivity contribution in [1.29, 1.82) is 0 Å². The minimum atomic E-state index is -4.71. The van der Waals surface area contributed by atoms with Gasteiger partial charge in [0.05, 0.1) is 46.4 Å². The summed E-state index contributed by atoms with van der Waals surface area (Å²) in [6.45, 7) is 1.35. The van der Waals surface area contributed by atoms with Crippen LogP contribution in [0.1, 0.15) is 34.1 Å². The fourth-order valence-corrected chi connectivity index (χ4v) is 4.26. The van der Waals surface area contributed by atoms with Crippen LogP contribution < -0.4 is 5.32 Å². The second-order valence-corrected chi connectivity index (χ2v) is 7.30. The molecule has 29 heavy (non-hydrogen) atoms. The highest BCUT2D eigenvalue weighted by Gasteiger charge is 2.37. The maximum absolute atomic E-state index is 13.7. The van der Waals surface area contributed by atoms with Crippen LogP contribution in [0, 0.1) is 0 Å². The summed E-state index contributed by atoms with van der Waals surface area (Å²) in [4.78, 5) is 27.9. The first-order valence-electron chi connectivity index (χ1n) is 8.33. The van der Waals surface area contributed by atoms with Crippen LogP contribution in [0.4, 0.5) is 18.3 Å². The highest BCUT2D eigenvalue weighted by Crippen LogP contribution is 2.44. The monoisotopic (exact) mass is 422 g/mol. The molecule has 0 saturated carbocycles. The molecular formula is C18H13F3N4O3S. The number of fused-ring (bicyclic) bond motifs is 3. The molecule has 11 heteroatoms. The molecule has 0 atom stereocenters. The molecule has 1 amide bonds. The van der Waals surface area contributed by atoms with E-state index in [0.29, 0.717) is 27.8 Å². The van der Waals surface area contributed by atoms with E-state index in [-0.39, 0.29) is 17.2 Å². The summed E-state index contributed by atoms with van der Waals surface area (Å²) in [5, 5.41) is 7.10. The van der Waals surface area contributed by atoms with Gasteiger partial charge in [0.15, 0.2) is 5.13 Å². The van der Waals surface area contributed by atoms with Crippen molar-refractivity contribution in [3.8, 4) is 16.3 Å². The van der Waals surface area contributed by atoms with E-state index in [0.717, 1.165) is 18.7 Å². The number of hydrogen-bond donors (Lipinski definition) is 1. The zero-order chi connectivity index (χ0) is 20.9. The standard InChI is InChI=1S/C18H13F3N4O3S/c1-8(26)23-17-24-12-6-10-7-22-25(14(10)15(12)29-17)13-4-3-9(16(27)28-2)5-11(13)18(19,20)21/h3-5,7H,6H2,1-2H3,(H,23,24,26). The SMILES string of the molecule is COC(=O)c1ccc(-n2ncc3c2-c2sc(NC(C)=O)nc2C3)c(C(F)(F)F)c1. The zero-order valence-corrected chi connectivity index (χ0v) is 15.9. The van der Waals surface area contributed by atoms with Crippen molar-refractivity contribution >= 4 is 28.3 Å². The molecule has 1 aliphatic rings. The van der Waals surface area contributed by atoms with Gasteiger partial charge in [0.2, 0.25) is 5.91 Å². The van der Waals surface area contributed by atoms with Crippen LogP contribution in [0.25, 0.3) is 16.3 Å². The molecule has 0 bridgehead atoms. The number of rotatable bonds is 3. The predicted octanol–water partition coefficient (Wildman–Crippen LogP) is 3.66. The summed E-state index contributed by atoms with van der Waals surface area (Å²) in [5.74, 6) is -1.15. The Kier molecular flexibility index (Phi) is 4.41. The van der Waals surface area contributed by atoms with Gasteiger partial charge < -0.3 is 10.1 Å². The highest BCUT2D eigenvalue weighted by molar-refractivity contribution is 7.19. The lowest BCUT2D eigenvalue weighted by Gasteiger charge is -2.15. The van der Waals surface area contributed by atoms with Crippen LogP contribution in [0.15, 0.2) is 24.4 Å². The third kappa shape index (κ3) is 3.27. The molecule has 150 valence electrons. The Morgan fingerprint density at radius 1 is 1.31 bits per heavy atom. The minimum Gasteiger partial charge on any atom is -0.465 e. The summed E-state index contributed by atoms with van der Waals surface area (Å²) < 4.78 is 46.9. The van der Waals surface area contributed by atoms with Crippen LogP contribution in [0.2, 0.25) is 0 Å². The molecule has 0 aliphatic heterocycles. The van der Waals surface area contributed by atoms with Gasteiger partial charge in [-0.15, -0.1) is 0 Å². The van der Waals surface area contributed by atoms with E-state index >= 15 is 0 Å². The smallest absolute Gasteiger partial charge is 0.418 e.